The maximum absolute atomic E-state index is 15.4. The summed E-state index contributed by atoms with van der Waals surface area (Å²) >= 11 is 6.11. The van der Waals surface area contributed by atoms with Gasteiger partial charge in [-0.25, -0.2) is 13.8 Å². The molecule has 3 aromatic rings. The molecule has 0 atom stereocenters. The van der Waals surface area contributed by atoms with Gasteiger partial charge in [0.05, 0.1) is 12.7 Å². The molecule has 1 aliphatic heterocycles. The van der Waals surface area contributed by atoms with Crippen molar-refractivity contribution in [2.45, 2.75) is 0 Å². The second-order valence-corrected chi connectivity index (χ2v) is 7.08. The zero-order valence-electron chi connectivity index (χ0n) is 15.5. The van der Waals surface area contributed by atoms with Crippen LogP contribution < -0.4 is 9.64 Å². The lowest BCUT2D eigenvalue weighted by Crippen LogP contribution is -2.45. The predicted molar refractivity (Wildman–Crippen MR) is 106 cm³/mol. The lowest BCUT2D eigenvalue weighted by Gasteiger charge is -2.33. The number of ether oxygens (including phenoxy) is 1. The Morgan fingerprint density at radius 2 is 1.79 bits per heavy atom. The number of fused-ring (bicyclic) bond motifs is 1. The van der Waals surface area contributed by atoms with Crippen molar-refractivity contribution in [1.82, 2.24) is 14.9 Å². The van der Waals surface area contributed by atoms with Crippen LogP contribution in [-0.4, -0.2) is 55.2 Å². The number of methoxy groups -OCH3 is 1. The van der Waals surface area contributed by atoms with E-state index in [2.05, 4.69) is 26.8 Å². The van der Waals surface area contributed by atoms with Crippen LogP contribution >= 0.6 is 11.6 Å². The van der Waals surface area contributed by atoms with Gasteiger partial charge in [0.1, 0.15) is 22.9 Å². The van der Waals surface area contributed by atoms with Gasteiger partial charge < -0.3 is 14.5 Å². The first-order valence-electron chi connectivity index (χ1n) is 8.91. The molecule has 5 nitrogen and oxygen atoms in total. The minimum absolute atomic E-state index is 0.0435. The highest BCUT2D eigenvalue weighted by atomic mass is 35.5. The van der Waals surface area contributed by atoms with Crippen LogP contribution in [0.2, 0.25) is 5.28 Å². The van der Waals surface area contributed by atoms with E-state index in [1.54, 1.807) is 12.1 Å². The highest BCUT2D eigenvalue weighted by Gasteiger charge is 2.23. The van der Waals surface area contributed by atoms with Gasteiger partial charge in [0.15, 0.2) is 5.82 Å². The van der Waals surface area contributed by atoms with Gasteiger partial charge in [-0.05, 0) is 36.8 Å². The monoisotopic (exact) mass is 404 g/mol. The third-order valence-electron chi connectivity index (χ3n) is 5.03. The number of piperazine rings is 1. The molecular weight excluding hydrogens is 386 g/mol. The number of hydrogen-bond acceptors (Lipinski definition) is 5. The fourth-order valence-corrected chi connectivity index (χ4v) is 3.67. The Balaban J connectivity index is 1.89. The molecule has 0 spiro atoms. The van der Waals surface area contributed by atoms with Gasteiger partial charge in [-0.3, -0.25) is 0 Å². The molecule has 2 heterocycles. The number of anilines is 1. The summed E-state index contributed by atoms with van der Waals surface area (Å²) in [6.45, 7) is 3.25. The summed E-state index contributed by atoms with van der Waals surface area (Å²) in [5, 5.41) is 0.503. The fraction of sp³-hybridized carbons (Fsp3) is 0.300. The van der Waals surface area contributed by atoms with E-state index in [0.29, 0.717) is 11.2 Å². The molecule has 1 saturated heterocycles. The summed E-state index contributed by atoms with van der Waals surface area (Å²) in [5.74, 6) is -0.385. The highest BCUT2D eigenvalue weighted by molar-refractivity contribution is 6.28. The second kappa shape index (κ2) is 7.48. The van der Waals surface area contributed by atoms with Crippen LogP contribution in [0.1, 0.15) is 0 Å². The summed E-state index contributed by atoms with van der Waals surface area (Å²) in [7, 11) is 3.47. The normalized spacial score (nSPS) is 15.2. The molecule has 0 N–H and O–H groups in total. The minimum Gasteiger partial charge on any atom is -0.496 e. The van der Waals surface area contributed by atoms with Gasteiger partial charge in [0, 0.05) is 37.1 Å². The molecule has 1 fully saturated rings. The van der Waals surface area contributed by atoms with Crippen molar-refractivity contribution in [3.63, 3.8) is 0 Å². The molecule has 0 aliphatic carbocycles. The summed E-state index contributed by atoms with van der Waals surface area (Å²) in [4.78, 5) is 12.7. The fourth-order valence-electron chi connectivity index (χ4n) is 3.51. The summed E-state index contributed by atoms with van der Waals surface area (Å²) in [5.41, 5.74) is 0.193. The first kappa shape index (κ1) is 18.8. The zero-order chi connectivity index (χ0) is 19.8. The third-order valence-corrected chi connectivity index (χ3v) is 5.20. The lowest BCUT2D eigenvalue weighted by atomic mass is 10.0. The topological polar surface area (TPSA) is 41.5 Å². The molecule has 146 valence electrons. The molecule has 1 aliphatic rings. The Hall–Kier alpha value is -2.51. The Bertz CT molecular complexity index is 1040. The van der Waals surface area contributed by atoms with E-state index in [0.717, 1.165) is 26.2 Å². The van der Waals surface area contributed by atoms with Crippen molar-refractivity contribution < 1.29 is 13.5 Å². The quantitative estimate of drug-likeness (QED) is 0.617. The standard InChI is InChI=1S/C20H19ClF2N4O/c1-26-8-10-27(11-9-26)19-13-7-6-12(17(23)18(13)24-20(21)25-19)16-14(22)4-3-5-15(16)28-2/h3-7H,8-11H2,1-2H3. The van der Waals surface area contributed by atoms with Crippen LogP contribution in [0.5, 0.6) is 5.75 Å². The molecule has 8 heteroatoms. The largest absolute Gasteiger partial charge is 0.496 e. The van der Waals surface area contributed by atoms with Gasteiger partial charge in [-0.1, -0.05) is 12.1 Å². The van der Waals surface area contributed by atoms with E-state index in [-0.39, 0.29) is 27.7 Å². The van der Waals surface area contributed by atoms with Crippen molar-refractivity contribution >= 4 is 28.3 Å². The van der Waals surface area contributed by atoms with Gasteiger partial charge in [0.25, 0.3) is 0 Å². The van der Waals surface area contributed by atoms with E-state index >= 15 is 4.39 Å². The van der Waals surface area contributed by atoms with Crippen molar-refractivity contribution in [2.24, 2.45) is 0 Å². The molecule has 28 heavy (non-hydrogen) atoms. The SMILES string of the molecule is COc1cccc(F)c1-c1ccc2c(N3CCN(C)CC3)nc(Cl)nc2c1F. The van der Waals surface area contributed by atoms with Gasteiger partial charge in [-0.2, -0.15) is 4.98 Å². The second-order valence-electron chi connectivity index (χ2n) is 6.75. The van der Waals surface area contributed by atoms with E-state index in [1.807, 2.05) is 0 Å². The number of rotatable bonds is 3. The van der Waals surface area contributed by atoms with Gasteiger partial charge in [-0.15, -0.1) is 0 Å². The molecule has 1 aromatic heterocycles. The first-order valence-corrected chi connectivity index (χ1v) is 9.29. The smallest absolute Gasteiger partial charge is 0.225 e. The van der Waals surface area contributed by atoms with Crippen LogP contribution in [0.15, 0.2) is 30.3 Å². The van der Waals surface area contributed by atoms with Crippen molar-refractivity contribution in [3.05, 3.63) is 47.2 Å². The Labute approximate surface area is 166 Å². The molecule has 0 bridgehead atoms. The van der Waals surface area contributed by atoms with Crippen LogP contribution in [0, 0.1) is 11.6 Å². The Morgan fingerprint density at radius 3 is 2.50 bits per heavy atom. The van der Waals surface area contributed by atoms with Crippen LogP contribution in [0.3, 0.4) is 0 Å². The van der Waals surface area contributed by atoms with E-state index in [4.69, 9.17) is 16.3 Å². The molecule has 0 amide bonds. The number of hydrogen-bond donors (Lipinski definition) is 0. The zero-order valence-corrected chi connectivity index (χ0v) is 16.3. The first-order chi connectivity index (χ1) is 13.5. The summed E-state index contributed by atoms with van der Waals surface area (Å²) in [6, 6.07) is 7.62. The van der Waals surface area contributed by atoms with Crippen LogP contribution in [0.25, 0.3) is 22.0 Å². The summed E-state index contributed by atoms with van der Waals surface area (Å²) in [6.07, 6.45) is 0. The van der Waals surface area contributed by atoms with Crippen molar-refractivity contribution in [1.29, 1.82) is 0 Å². The van der Waals surface area contributed by atoms with Gasteiger partial charge in [0.2, 0.25) is 5.28 Å². The van der Waals surface area contributed by atoms with Crippen LogP contribution in [0.4, 0.5) is 14.6 Å². The van der Waals surface area contributed by atoms with Gasteiger partial charge >= 0.3 is 0 Å². The number of aromatic nitrogens is 2. The average Bonchev–Trinajstić information content (AvgIpc) is 2.69. The maximum atomic E-state index is 15.4. The van der Waals surface area contributed by atoms with E-state index in [1.165, 1.54) is 25.3 Å². The molecule has 0 unspecified atom stereocenters. The number of benzene rings is 2. The van der Waals surface area contributed by atoms with Crippen molar-refractivity contribution in [2.75, 3.05) is 45.2 Å². The number of likely N-dealkylation sites (N-methyl/N-ethyl adjacent to an activating group) is 1. The average molecular weight is 405 g/mol. The van der Waals surface area contributed by atoms with E-state index < -0.39 is 11.6 Å². The molecule has 4 rings (SSSR count). The Kier molecular flexibility index (Phi) is 5.03. The maximum Gasteiger partial charge on any atom is 0.225 e. The van der Waals surface area contributed by atoms with Crippen molar-refractivity contribution in [3.8, 4) is 16.9 Å². The molecule has 2 aromatic carbocycles. The predicted octanol–water partition coefficient (Wildman–Crippen LogP) is 3.99. The highest BCUT2D eigenvalue weighted by Crippen LogP contribution is 2.38. The molecular formula is C20H19ClF2N4O. The lowest BCUT2D eigenvalue weighted by molar-refractivity contribution is 0.312. The number of nitrogens with zero attached hydrogens (tertiary/aromatic N) is 4. The summed E-state index contributed by atoms with van der Waals surface area (Å²) < 4.78 is 35.1. The number of halogens is 3. The Morgan fingerprint density at radius 1 is 1.04 bits per heavy atom. The third kappa shape index (κ3) is 3.25. The van der Waals surface area contributed by atoms with E-state index in [9.17, 15) is 4.39 Å². The molecule has 0 saturated carbocycles. The molecule has 0 radical (unpaired) electrons. The minimum atomic E-state index is -0.652. The van der Waals surface area contributed by atoms with Crippen LogP contribution in [-0.2, 0) is 0 Å².